The van der Waals surface area contributed by atoms with Crippen LogP contribution in [0.2, 0.25) is 0 Å². The van der Waals surface area contributed by atoms with Crippen molar-refractivity contribution in [1.29, 1.82) is 0 Å². The number of hydrogen-bond donors (Lipinski definition) is 1. The summed E-state index contributed by atoms with van der Waals surface area (Å²) < 4.78 is 5.36. The second-order valence-electron chi connectivity index (χ2n) is 5.89. The maximum Gasteiger partial charge on any atom is 0.410 e. The Kier molecular flexibility index (Phi) is 3.92. The molecule has 4 heteroatoms. The number of aliphatic hydroxyl groups is 1. The summed E-state index contributed by atoms with van der Waals surface area (Å²) >= 11 is 0. The molecule has 2 atom stereocenters. The first-order valence-electron chi connectivity index (χ1n) is 7.34. The summed E-state index contributed by atoms with van der Waals surface area (Å²) in [6, 6.07) is 9.70. The molecule has 1 amide bonds. The van der Waals surface area contributed by atoms with Gasteiger partial charge in [-0.2, -0.15) is 0 Å². The number of aliphatic hydroxyl groups excluding tert-OH is 1. The molecule has 1 aromatic carbocycles. The molecule has 0 bridgehead atoms. The highest BCUT2D eigenvalue weighted by atomic mass is 16.6. The highest BCUT2D eigenvalue weighted by molar-refractivity contribution is 5.68. The lowest BCUT2D eigenvalue weighted by Gasteiger charge is -2.16. The molecule has 0 unspecified atom stereocenters. The van der Waals surface area contributed by atoms with Gasteiger partial charge in [-0.3, -0.25) is 0 Å². The Morgan fingerprint density at radius 1 is 1.25 bits per heavy atom. The summed E-state index contributed by atoms with van der Waals surface area (Å²) in [4.78, 5) is 13.8. The van der Waals surface area contributed by atoms with Crippen LogP contribution in [0.5, 0.6) is 0 Å². The summed E-state index contributed by atoms with van der Waals surface area (Å²) in [6.45, 7) is 1.85. The van der Waals surface area contributed by atoms with E-state index in [1.807, 2.05) is 30.3 Å². The smallest absolute Gasteiger partial charge is 0.410 e. The molecule has 20 heavy (non-hydrogen) atoms. The predicted octanol–water partition coefficient (Wildman–Crippen LogP) is 2.27. The largest absolute Gasteiger partial charge is 0.445 e. The summed E-state index contributed by atoms with van der Waals surface area (Å²) in [7, 11) is 0. The molecule has 2 aliphatic rings. The number of amides is 1. The fourth-order valence-electron chi connectivity index (χ4n) is 3.11. The Bertz CT molecular complexity index is 458. The first-order chi connectivity index (χ1) is 9.78. The zero-order chi connectivity index (χ0) is 13.9. The van der Waals surface area contributed by atoms with Crippen molar-refractivity contribution in [2.45, 2.75) is 19.4 Å². The minimum Gasteiger partial charge on any atom is -0.445 e. The molecule has 1 saturated carbocycles. The zero-order valence-electron chi connectivity index (χ0n) is 11.6. The third-order valence-electron chi connectivity index (χ3n) is 4.42. The van der Waals surface area contributed by atoms with Crippen LogP contribution in [-0.4, -0.2) is 35.8 Å². The van der Waals surface area contributed by atoms with Gasteiger partial charge in [0.25, 0.3) is 0 Å². The maximum absolute atomic E-state index is 12.1. The molecule has 0 radical (unpaired) electrons. The van der Waals surface area contributed by atoms with Gasteiger partial charge >= 0.3 is 6.09 Å². The van der Waals surface area contributed by atoms with E-state index in [1.165, 1.54) is 12.8 Å². The van der Waals surface area contributed by atoms with E-state index in [0.29, 0.717) is 25.0 Å². The van der Waals surface area contributed by atoms with Gasteiger partial charge in [0.1, 0.15) is 6.61 Å². The van der Waals surface area contributed by atoms with Gasteiger partial charge in [-0.05, 0) is 30.2 Å². The van der Waals surface area contributed by atoms with Crippen molar-refractivity contribution in [2.24, 2.45) is 17.8 Å². The van der Waals surface area contributed by atoms with E-state index >= 15 is 0 Å². The van der Waals surface area contributed by atoms with E-state index in [1.54, 1.807) is 4.90 Å². The number of rotatable bonds is 4. The van der Waals surface area contributed by atoms with Gasteiger partial charge in [0.05, 0.1) is 0 Å². The number of hydrogen-bond acceptors (Lipinski definition) is 3. The van der Waals surface area contributed by atoms with E-state index in [9.17, 15) is 9.90 Å². The molecule has 1 aliphatic carbocycles. The van der Waals surface area contributed by atoms with Crippen LogP contribution in [0.15, 0.2) is 30.3 Å². The normalized spacial score (nSPS) is 25.8. The molecule has 1 saturated heterocycles. The number of benzene rings is 1. The van der Waals surface area contributed by atoms with Crippen molar-refractivity contribution >= 4 is 6.09 Å². The number of nitrogens with zero attached hydrogens (tertiary/aromatic N) is 1. The fourth-order valence-corrected chi connectivity index (χ4v) is 3.11. The van der Waals surface area contributed by atoms with Crippen LogP contribution >= 0.6 is 0 Å². The monoisotopic (exact) mass is 275 g/mol. The second-order valence-corrected chi connectivity index (χ2v) is 5.89. The van der Waals surface area contributed by atoms with E-state index in [0.717, 1.165) is 12.1 Å². The van der Waals surface area contributed by atoms with E-state index in [4.69, 9.17) is 4.74 Å². The minimum absolute atomic E-state index is 0.170. The Labute approximate surface area is 119 Å². The van der Waals surface area contributed by atoms with Crippen LogP contribution in [0.1, 0.15) is 18.4 Å². The molecular formula is C16H21NO3. The van der Waals surface area contributed by atoms with E-state index in [-0.39, 0.29) is 18.6 Å². The number of likely N-dealkylation sites (tertiary alicyclic amines) is 1. The van der Waals surface area contributed by atoms with Gasteiger partial charge in [-0.1, -0.05) is 30.3 Å². The van der Waals surface area contributed by atoms with Crippen LogP contribution in [0.4, 0.5) is 4.79 Å². The van der Waals surface area contributed by atoms with Crippen molar-refractivity contribution in [3.8, 4) is 0 Å². The Morgan fingerprint density at radius 2 is 2.00 bits per heavy atom. The Morgan fingerprint density at radius 3 is 2.65 bits per heavy atom. The standard InChI is InChI=1S/C16H21NO3/c18-10-14-8-17(9-15(14)13-6-7-13)16(19)20-11-12-4-2-1-3-5-12/h1-5,13-15,18H,6-11H2/t14-,15-/m0/s1. The van der Waals surface area contributed by atoms with Crippen LogP contribution < -0.4 is 0 Å². The van der Waals surface area contributed by atoms with Crippen molar-refractivity contribution in [2.75, 3.05) is 19.7 Å². The number of carbonyl (C=O) groups is 1. The number of ether oxygens (including phenoxy) is 1. The summed E-state index contributed by atoms with van der Waals surface area (Å²) in [5.41, 5.74) is 0.998. The predicted molar refractivity (Wildman–Crippen MR) is 75.0 cm³/mol. The molecule has 1 N–H and O–H groups in total. The molecule has 3 rings (SSSR count). The van der Waals surface area contributed by atoms with Gasteiger partial charge < -0.3 is 14.7 Å². The zero-order valence-corrected chi connectivity index (χ0v) is 11.6. The van der Waals surface area contributed by atoms with Gasteiger partial charge in [0, 0.05) is 25.6 Å². The SMILES string of the molecule is O=C(OCc1ccccc1)N1C[C@@H](CO)[C@H](C2CC2)C1. The average molecular weight is 275 g/mol. The maximum atomic E-state index is 12.1. The first kappa shape index (κ1) is 13.4. The highest BCUT2D eigenvalue weighted by Gasteiger charge is 2.43. The van der Waals surface area contributed by atoms with Gasteiger partial charge in [0.15, 0.2) is 0 Å². The number of carbonyl (C=O) groups excluding carboxylic acids is 1. The van der Waals surface area contributed by atoms with Crippen molar-refractivity contribution in [3.63, 3.8) is 0 Å². The lowest BCUT2D eigenvalue weighted by atomic mass is 9.92. The quantitative estimate of drug-likeness (QED) is 0.917. The van der Waals surface area contributed by atoms with Crippen LogP contribution in [0, 0.1) is 17.8 Å². The molecule has 1 aromatic rings. The summed E-state index contributed by atoms with van der Waals surface area (Å²) in [5.74, 6) is 1.40. The molecule has 108 valence electrons. The van der Waals surface area contributed by atoms with Crippen molar-refractivity contribution in [1.82, 2.24) is 4.90 Å². The van der Waals surface area contributed by atoms with Crippen LogP contribution in [0.3, 0.4) is 0 Å². The van der Waals surface area contributed by atoms with Crippen molar-refractivity contribution in [3.05, 3.63) is 35.9 Å². The minimum atomic E-state index is -0.254. The average Bonchev–Trinajstić information content (AvgIpc) is 3.24. The van der Waals surface area contributed by atoms with Crippen LogP contribution in [-0.2, 0) is 11.3 Å². The molecular weight excluding hydrogens is 254 g/mol. The Hall–Kier alpha value is -1.55. The van der Waals surface area contributed by atoms with E-state index < -0.39 is 0 Å². The third kappa shape index (κ3) is 2.96. The molecule has 2 fully saturated rings. The third-order valence-corrected chi connectivity index (χ3v) is 4.42. The fraction of sp³-hybridized carbons (Fsp3) is 0.562. The molecule has 1 aliphatic heterocycles. The Balaban J connectivity index is 1.52. The van der Waals surface area contributed by atoms with Gasteiger partial charge in [-0.25, -0.2) is 4.79 Å². The topological polar surface area (TPSA) is 49.8 Å². The summed E-state index contributed by atoms with van der Waals surface area (Å²) in [6.07, 6.45) is 2.23. The van der Waals surface area contributed by atoms with Crippen molar-refractivity contribution < 1.29 is 14.6 Å². The van der Waals surface area contributed by atoms with Crippen LogP contribution in [0.25, 0.3) is 0 Å². The first-order valence-corrected chi connectivity index (χ1v) is 7.34. The molecule has 1 heterocycles. The molecule has 0 spiro atoms. The van der Waals surface area contributed by atoms with Gasteiger partial charge in [0.2, 0.25) is 0 Å². The second kappa shape index (κ2) is 5.83. The lowest BCUT2D eigenvalue weighted by Crippen LogP contribution is -2.30. The highest BCUT2D eigenvalue weighted by Crippen LogP contribution is 2.43. The molecule has 0 aromatic heterocycles. The van der Waals surface area contributed by atoms with Gasteiger partial charge in [-0.15, -0.1) is 0 Å². The summed E-state index contributed by atoms with van der Waals surface area (Å²) in [5, 5.41) is 9.44. The molecule has 4 nitrogen and oxygen atoms in total. The lowest BCUT2D eigenvalue weighted by molar-refractivity contribution is 0.101. The van der Waals surface area contributed by atoms with E-state index in [2.05, 4.69) is 0 Å².